The summed E-state index contributed by atoms with van der Waals surface area (Å²) in [4.78, 5) is 25.9. The number of halogens is 1. The summed E-state index contributed by atoms with van der Waals surface area (Å²) in [5, 5.41) is 4.03. The number of amides is 1. The molecule has 1 fully saturated rings. The van der Waals surface area contributed by atoms with Gasteiger partial charge in [0.1, 0.15) is 11.5 Å². The van der Waals surface area contributed by atoms with E-state index in [-0.39, 0.29) is 35.0 Å². The number of methoxy groups -OCH3 is 1. The van der Waals surface area contributed by atoms with Crippen LogP contribution in [-0.2, 0) is 18.2 Å². The molecule has 1 aromatic heterocycles. The summed E-state index contributed by atoms with van der Waals surface area (Å²) < 4.78 is 20.7. The van der Waals surface area contributed by atoms with E-state index in [1.807, 2.05) is 0 Å². The molecule has 0 spiro atoms. The second-order valence-electron chi connectivity index (χ2n) is 6.55. The number of aryl methyl sites for hydroxylation is 1. The van der Waals surface area contributed by atoms with E-state index in [2.05, 4.69) is 5.10 Å². The smallest absolute Gasteiger partial charge is 0.274 e. The minimum Gasteiger partial charge on any atom is -0.381 e. The fourth-order valence-electron chi connectivity index (χ4n) is 3.43. The Hall–Kier alpha value is -2.54. The van der Waals surface area contributed by atoms with Crippen LogP contribution in [0.1, 0.15) is 22.5 Å². The van der Waals surface area contributed by atoms with Crippen molar-refractivity contribution < 1.29 is 13.9 Å². The van der Waals surface area contributed by atoms with Crippen LogP contribution in [0.25, 0.3) is 0 Å². The van der Waals surface area contributed by atoms with Crippen LogP contribution < -0.4 is 5.56 Å². The maximum atomic E-state index is 14.0. The zero-order chi connectivity index (χ0) is 18.7. The number of rotatable bonds is 4. The van der Waals surface area contributed by atoms with Gasteiger partial charge in [-0.1, -0.05) is 18.2 Å². The van der Waals surface area contributed by atoms with Gasteiger partial charge in [0.05, 0.1) is 6.10 Å². The largest absolute Gasteiger partial charge is 0.381 e. The third-order valence-electron chi connectivity index (χ3n) is 4.87. The first-order chi connectivity index (χ1) is 12.5. The van der Waals surface area contributed by atoms with Crippen molar-refractivity contribution in [1.29, 1.82) is 0 Å². The average molecular weight is 359 g/mol. The van der Waals surface area contributed by atoms with E-state index in [1.165, 1.54) is 25.2 Å². The topological polar surface area (TPSA) is 64.4 Å². The molecular weight excluding hydrogens is 337 g/mol. The Morgan fingerprint density at radius 1 is 1.31 bits per heavy atom. The molecule has 138 valence electrons. The molecular formula is C19H22FN3O3. The molecule has 0 aliphatic carbocycles. The van der Waals surface area contributed by atoms with Gasteiger partial charge in [-0.15, -0.1) is 0 Å². The zero-order valence-corrected chi connectivity index (χ0v) is 14.9. The van der Waals surface area contributed by atoms with Gasteiger partial charge in [0.15, 0.2) is 0 Å². The van der Waals surface area contributed by atoms with E-state index in [4.69, 9.17) is 4.74 Å². The lowest BCUT2D eigenvalue weighted by Crippen LogP contribution is -2.47. The van der Waals surface area contributed by atoms with Crippen LogP contribution in [0.15, 0.2) is 41.2 Å². The van der Waals surface area contributed by atoms with Gasteiger partial charge in [0.2, 0.25) is 0 Å². The molecule has 1 amide bonds. The van der Waals surface area contributed by atoms with Crippen LogP contribution in [-0.4, -0.2) is 46.9 Å². The van der Waals surface area contributed by atoms with Gasteiger partial charge in [-0.2, -0.15) is 5.10 Å². The third-order valence-corrected chi connectivity index (χ3v) is 4.87. The van der Waals surface area contributed by atoms with Crippen molar-refractivity contribution in [3.8, 4) is 0 Å². The highest BCUT2D eigenvalue weighted by Crippen LogP contribution is 2.25. The van der Waals surface area contributed by atoms with Gasteiger partial charge in [-0.05, 0) is 30.5 Å². The number of hydrogen-bond donors (Lipinski definition) is 0. The molecule has 1 aliphatic heterocycles. The fourth-order valence-corrected chi connectivity index (χ4v) is 3.43. The molecule has 2 aromatic rings. The standard InChI is InChI=1S/C19H22FN3O3/c1-22-18(24)8-7-16(21-22)19(25)23-10-9-17(26-2)14(12-23)11-13-5-3-4-6-15(13)20/h3-8,14,17H,9-12H2,1-2H3/t14-,17-/m1/s1. The predicted molar refractivity (Wildman–Crippen MR) is 94.4 cm³/mol. The Kier molecular flexibility index (Phi) is 5.46. The molecule has 0 bridgehead atoms. The van der Waals surface area contributed by atoms with Crippen molar-refractivity contribution >= 4 is 5.91 Å². The van der Waals surface area contributed by atoms with Crippen molar-refractivity contribution in [3.63, 3.8) is 0 Å². The normalized spacial score (nSPS) is 20.2. The number of hydrogen-bond acceptors (Lipinski definition) is 4. The summed E-state index contributed by atoms with van der Waals surface area (Å²) in [6, 6.07) is 9.45. The molecule has 2 heterocycles. The maximum Gasteiger partial charge on any atom is 0.274 e. The number of aromatic nitrogens is 2. The average Bonchev–Trinajstić information content (AvgIpc) is 2.65. The molecule has 7 heteroatoms. The van der Waals surface area contributed by atoms with E-state index in [9.17, 15) is 14.0 Å². The summed E-state index contributed by atoms with van der Waals surface area (Å²) in [5.74, 6) is -0.485. The summed E-state index contributed by atoms with van der Waals surface area (Å²) in [6.45, 7) is 0.992. The van der Waals surface area contributed by atoms with E-state index in [0.29, 0.717) is 31.5 Å². The second-order valence-corrected chi connectivity index (χ2v) is 6.55. The van der Waals surface area contributed by atoms with Crippen LogP contribution in [0.4, 0.5) is 4.39 Å². The van der Waals surface area contributed by atoms with E-state index in [1.54, 1.807) is 30.2 Å². The number of likely N-dealkylation sites (tertiary alicyclic amines) is 1. The lowest BCUT2D eigenvalue weighted by molar-refractivity contribution is -0.00345. The fraction of sp³-hybridized carbons (Fsp3) is 0.421. The van der Waals surface area contributed by atoms with Gasteiger partial charge in [-0.25, -0.2) is 9.07 Å². The molecule has 26 heavy (non-hydrogen) atoms. The van der Waals surface area contributed by atoms with Crippen LogP contribution in [0.2, 0.25) is 0 Å². The Morgan fingerprint density at radius 2 is 2.08 bits per heavy atom. The lowest BCUT2D eigenvalue weighted by atomic mass is 9.88. The van der Waals surface area contributed by atoms with E-state index in [0.717, 1.165) is 4.68 Å². The molecule has 1 saturated heterocycles. The van der Waals surface area contributed by atoms with Gasteiger partial charge in [-0.3, -0.25) is 9.59 Å². The highest BCUT2D eigenvalue weighted by molar-refractivity contribution is 5.92. The Morgan fingerprint density at radius 3 is 2.77 bits per heavy atom. The summed E-state index contributed by atoms with van der Waals surface area (Å²) >= 11 is 0. The SMILES string of the molecule is CO[C@@H]1CCN(C(=O)c2ccc(=O)n(C)n2)C[C@H]1Cc1ccccc1F. The minimum atomic E-state index is -0.267. The Bertz CT molecular complexity index is 852. The molecule has 1 aliphatic rings. The molecule has 0 saturated carbocycles. The quantitative estimate of drug-likeness (QED) is 0.833. The summed E-state index contributed by atoms with van der Waals surface area (Å²) in [5.41, 5.74) is 0.582. The maximum absolute atomic E-state index is 14.0. The summed E-state index contributed by atoms with van der Waals surface area (Å²) in [6.07, 6.45) is 1.13. The third kappa shape index (κ3) is 3.83. The molecule has 2 atom stereocenters. The monoisotopic (exact) mass is 359 g/mol. The van der Waals surface area contributed by atoms with Crippen molar-refractivity contribution in [2.45, 2.75) is 18.9 Å². The van der Waals surface area contributed by atoms with Crippen molar-refractivity contribution in [2.75, 3.05) is 20.2 Å². The first-order valence-electron chi connectivity index (χ1n) is 8.59. The van der Waals surface area contributed by atoms with Gasteiger partial charge >= 0.3 is 0 Å². The second kappa shape index (κ2) is 7.78. The molecule has 3 rings (SSSR count). The molecule has 1 aromatic carbocycles. The Balaban J connectivity index is 1.78. The van der Waals surface area contributed by atoms with Crippen LogP contribution in [0, 0.1) is 11.7 Å². The number of nitrogens with zero attached hydrogens (tertiary/aromatic N) is 3. The van der Waals surface area contributed by atoms with E-state index >= 15 is 0 Å². The highest BCUT2D eigenvalue weighted by Gasteiger charge is 2.33. The number of benzene rings is 1. The number of ether oxygens (including phenoxy) is 1. The lowest BCUT2D eigenvalue weighted by Gasteiger charge is -2.38. The molecule has 6 nitrogen and oxygen atoms in total. The summed E-state index contributed by atoms with van der Waals surface area (Å²) in [7, 11) is 3.16. The van der Waals surface area contributed by atoms with Gasteiger partial charge < -0.3 is 9.64 Å². The first kappa shape index (κ1) is 18.3. The first-order valence-corrected chi connectivity index (χ1v) is 8.59. The zero-order valence-electron chi connectivity index (χ0n) is 14.9. The highest BCUT2D eigenvalue weighted by atomic mass is 19.1. The van der Waals surface area contributed by atoms with Crippen LogP contribution in [0.5, 0.6) is 0 Å². The molecule has 0 unspecified atom stereocenters. The predicted octanol–water partition coefficient (Wildman–Crippen LogP) is 1.64. The van der Waals surface area contributed by atoms with E-state index < -0.39 is 0 Å². The van der Waals surface area contributed by atoms with Gasteiger partial charge in [0, 0.05) is 39.2 Å². The van der Waals surface area contributed by atoms with Crippen molar-refractivity contribution in [3.05, 3.63) is 63.8 Å². The van der Waals surface area contributed by atoms with Gasteiger partial charge in [0.25, 0.3) is 11.5 Å². The van der Waals surface area contributed by atoms with Crippen molar-refractivity contribution in [1.82, 2.24) is 14.7 Å². The minimum absolute atomic E-state index is 0.0119. The number of carbonyl (C=O) groups excluding carboxylic acids is 1. The Labute approximate surface area is 151 Å². The van der Waals surface area contributed by atoms with Crippen LogP contribution >= 0.6 is 0 Å². The molecule has 0 radical (unpaired) electrons. The number of carbonyl (C=O) groups is 1. The molecule has 0 N–H and O–H groups in total. The van der Waals surface area contributed by atoms with Crippen molar-refractivity contribution in [2.24, 2.45) is 13.0 Å². The number of piperidine rings is 1. The van der Waals surface area contributed by atoms with Crippen LogP contribution in [0.3, 0.4) is 0 Å².